The van der Waals surface area contributed by atoms with Gasteiger partial charge in [-0.2, -0.15) is 0 Å². The molecule has 2 aromatic carbocycles. The van der Waals surface area contributed by atoms with Gasteiger partial charge >= 0.3 is 6.09 Å². The fraction of sp³-hybridized carbons (Fsp3) is 0.464. The van der Waals surface area contributed by atoms with Crippen molar-refractivity contribution in [3.63, 3.8) is 0 Å². The van der Waals surface area contributed by atoms with Gasteiger partial charge in [0, 0.05) is 23.8 Å². The zero-order valence-corrected chi connectivity index (χ0v) is 20.0. The fourth-order valence-electron chi connectivity index (χ4n) is 6.01. The predicted octanol–water partition coefficient (Wildman–Crippen LogP) is 5.06. The first-order valence-corrected chi connectivity index (χ1v) is 12.0. The van der Waals surface area contributed by atoms with Crippen LogP contribution in [0.5, 0.6) is 5.75 Å². The third-order valence-corrected chi connectivity index (χ3v) is 7.76. The molecule has 0 radical (unpaired) electrons. The van der Waals surface area contributed by atoms with Gasteiger partial charge in [-0.05, 0) is 48.6 Å². The third kappa shape index (κ3) is 5.25. The summed E-state index contributed by atoms with van der Waals surface area (Å²) in [5, 5.41) is 3.18. The Hall–Kier alpha value is -2.79. The number of fused-ring (bicyclic) bond motifs is 1. The van der Waals surface area contributed by atoms with Crippen LogP contribution in [-0.2, 0) is 16.8 Å². The summed E-state index contributed by atoms with van der Waals surface area (Å²) < 4.78 is 12.1. The summed E-state index contributed by atoms with van der Waals surface area (Å²) in [6, 6.07) is 18.5. The second kappa shape index (κ2) is 10.0. The minimum atomic E-state index is -0.328. The number of nitrogens with one attached hydrogen (secondary N) is 1. The maximum Gasteiger partial charge on any atom is 0.407 e. The molecular formula is C28H37N2O3+. The van der Waals surface area contributed by atoms with Gasteiger partial charge in [-0.25, -0.2) is 4.79 Å². The monoisotopic (exact) mass is 449 g/mol. The quantitative estimate of drug-likeness (QED) is 0.475. The molecule has 1 aliphatic heterocycles. The first kappa shape index (κ1) is 23.4. The van der Waals surface area contributed by atoms with Crippen molar-refractivity contribution in [3.05, 3.63) is 78.4 Å². The van der Waals surface area contributed by atoms with Crippen LogP contribution < -0.4 is 10.1 Å². The predicted molar refractivity (Wildman–Crippen MR) is 131 cm³/mol. The summed E-state index contributed by atoms with van der Waals surface area (Å²) in [6.45, 7) is 7.52. The topological polar surface area (TPSA) is 47.6 Å². The number of nitrogens with zero attached hydrogens (tertiary/aromatic N) is 1. The Kier molecular flexibility index (Phi) is 7.08. The van der Waals surface area contributed by atoms with Crippen LogP contribution in [0.3, 0.4) is 0 Å². The van der Waals surface area contributed by atoms with Crippen molar-refractivity contribution in [2.45, 2.75) is 43.7 Å². The summed E-state index contributed by atoms with van der Waals surface area (Å²) in [6.07, 6.45) is 5.81. The van der Waals surface area contributed by atoms with Crippen LogP contribution in [0.25, 0.3) is 0 Å². The van der Waals surface area contributed by atoms with E-state index in [9.17, 15) is 4.79 Å². The summed E-state index contributed by atoms with van der Waals surface area (Å²) in [5.41, 5.74) is 2.36. The van der Waals surface area contributed by atoms with Crippen molar-refractivity contribution < 1.29 is 18.8 Å². The molecule has 1 saturated carbocycles. The highest BCUT2D eigenvalue weighted by Gasteiger charge is 2.52. The van der Waals surface area contributed by atoms with Crippen molar-refractivity contribution in [1.29, 1.82) is 0 Å². The van der Waals surface area contributed by atoms with Gasteiger partial charge in [-0.15, -0.1) is 0 Å². The summed E-state index contributed by atoms with van der Waals surface area (Å²) in [7, 11) is 4.07. The lowest BCUT2D eigenvalue weighted by molar-refractivity contribution is -0.914. The molecule has 2 fully saturated rings. The van der Waals surface area contributed by atoms with Crippen LogP contribution in [0.2, 0.25) is 0 Å². The zero-order valence-electron chi connectivity index (χ0n) is 20.0. The number of carbonyl (C=O) groups excluding carboxylic acids is 1. The molecule has 2 aromatic rings. The molecule has 0 spiro atoms. The summed E-state index contributed by atoms with van der Waals surface area (Å²) in [4.78, 5) is 12.6. The number of hydrogen-bond acceptors (Lipinski definition) is 3. The van der Waals surface area contributed by atoms with Crippen molar-refractivity contribution >= 4 is 6.09 Å². The molecule has 2 aliphatic rings. The number of amides is 1. The van der Waals surface area contributed by atoms with Gasteiger partial charge in [0.15, 0.2) is 0 Å². The van der Waals surface area contributed by atoms with Gasteiger partial charge in [0.1, 0.15) is 12.4 Å². The van der Waals surface area contributed by atoms with Crippen LogP contribution in [0.4, 0.5) is 4.79 Å². The molecule has 176 valence electrons. The van der Waals surface area contributed by atoms with Gasteiger partial charge in [-0.3, -0.25) is 0 Å². The van der Waals surface area contributed by atoms with E-state index in [1.54, 1.807) is 7.11 Å². The smallest absolute Gasteiger partial charge is 0.407 e. The van der Waals surface area contributed by atoms with Crippen molar-refractivity contribution in [2.75, 3.05) is 33.8 Å². The second-order valence-corrected chi connectivity index (χ2v) is 10.0. The summed E-state index contributed by atoms with van der Waals surface area (Å²) >= 11 is 0. The molecule has 1 amide bonds. The number of hydrogen-bond donors (Lipinski definition) is 1. The molecule has 4 rings (SSSR count). The molecule has 33 heavy (non-hydrogen) atoms. The van der Waals surface area contributed by atoms with Crippen LogP contribution in [0, 0.1) is 5.92 Å². The molecule has 1 N–H and O–H groups in total. The Morgan fingerprint density at radius 3 is 2.79 bits per heavy atom. The van der Waals surface area contributed by atoms with E-state index in [4.69, 9.17) is 9.47 Å². The van der Waals surface area contributed by atoms with Gasteiger partial charge in [0.05, 0.1) is 33.8 Å². The Morgan fingerprint density at radius 1 is 1.21 bits per heavy atom. The molecular weight excluding hydrogens is 412 g/mol. The minimum Gasteiger partial charge on any atom is -0.497 e. The van der Waals surface area contributed by atoms with Crippen LogP contribution in [0.15, 0.2) is 67.3 Å². The third-order valence-electron chi connectivity index (χ3n) is 7.76. The van der Waals surface area contributed by atoms with E-state index in [0.29, 0.717) is 12.5 Å². The molecule has 0 aromatic heterocycles. The Balaban J connectivity index is 1.51. The van der Waals surface area contributed by atoms with Gasteiger partial charge in [0.25, 0.3) is 0 Å². The van der Waals surface area contributed by atoms with Crippen LogP contribution in [0.1, 0.15) is 36.8 Å². The highest BCUT2D eigenvalue weighted by atomic mass is 16.5. The first-order chi connectivity index (χ1) is 16.0. The lowest BCUT2D eigenvalue weighted by atomic mass is 9.57. The lowest BCUT2D eigenvalue weighted by Crippen LogP contribution is -2.62. The van der Waals surface area contributed by atoms with Gasteiger partial charge in [0.2, 0.25) is 0 Å². The molecule has 4 atom stereocenters. The number of rotatable bonds is 7. The molecule has 5 nitrogen and oxygen atoms in total. The van der Waals surface area contributed by atoms with Crippen LogP contribution >= 0.6 is 0 Å². The Morgan fingerprint density at radius 2 is 2.03 bits per heavy atom. The normalized spacial score (nSPS) is 28.9. The average molecular weight is 450 g/mol. The van der Waals surface area contributed by atoms with E-state index >= 15 is 0 Å². The number of ether oxygens (including phenoxy) is 2. The Labute approximate surface area is 198 Å². The zero-order chi connectivity index (χ0) is 23.3. The number of quaternary nitrogens is 1. The number of benzene rings is 2. The maximum atomic E-state index is 12.6. The summed E-state index contributed by atoms with van der Waals surface area (Å²) in [5.74, 6) is 1.45. The van der Waals surface area contributed by atoms with E-state index in [1.807, 2.05) is 36.4 Å². The van der Waals surface area contributed by atoms with E-state index in [-0.39, 0.29) is 17.6 Å². The first-order valence-electron chi connectivity index (χ1n) is 12.0. The van der Waals surface area contributed by atoms with Gasteiger partial charge in [-0.1, -0.05) is 49.0 Å². The van der Waals surface area contributed by atoms with E-state index in [2.05, 4.69) is 43.2 Å². The SMILES string of the molecule is C=CC[N@@+]1(C)CC[C@@]2(c3cccc(OC)c3)C[C@H](NC(=O)OCc3ccccc3)CCC2C1. The number of methoxy groups -OCH3 is 1. The number of piperidine rings is 1. The fourth-order valence-corrected chi connectivity index (χ4v) is 6.01. The number of carbonyl (C=O) groups is 1. The van der Waals surface area contributed by atoms with Crippen LogP contribution in [-0.4, -0.2) is 50.4 Å². The van der Waals surface area contributed by atoms with Crippen molar-refractivity contribution in [1.82, 2.24) is 5.32 Å². The number of likely N-dealkylation sites (tertiary alicyclic amines) is 1. The highest BCUT2D eigenvalue weighted by molar-refractivity contribution is 5.67. The van der Waals surface area contributed by atoms with E-state index in [1.165, 1.54) is 5.56 Å². The average Bonchev–Trinajstić information content (AvgIpc) is 2.84. The van der Waals surface area contributed by atoms with E-state index < -0.39 is 0 Å². The standard InChI is InChI=1S/C28H36N2O3/c1-4-16-30(2)17-15-28(23-11-8-12-26(18-23)32-3)19-25(14-13-24(28)20-30)29-27(31)33-21-22-9-6-5-7-10-22/h4-12,18,24-25H,1,13-17,19-21H2,2-3H3/p+1/t24?,25-,28+,30+/m1/s1. The largest absolute Gasteiger partial charge is 0.497 e. The number of likely N-dealkylation sites (N-methyl/N-ethyl adjacent to an activating group) is 1. The minimum absolute atomic E-state index is 0.0308. The molecule has 1 unspecified atom stereocenters. The Bertz CT molecular complexity index is 963. The molecule has 1 heterocycles. The van der Waals surface area contributed by atoms with Crippen molar-refractivity contribution in [2.24, 2.45) is 5.92 Å². The maximum absolute atomic E-state index is 12.6. The second-order valence-electron chi connectivity index (χ2n) is 10.0. The van der Waals surface area contributed by atoms with E-state index in [0.717, 1.165) is 61.1 Å². The molecule has 0 bridgehead atoms. The molecule has 1 aliphatic carbocycles. The highest BCUT2D eigenvalue weighted by Crippen LogP contribution is 2.50. The molecule has 5 heteroatoms. The van der Waals surface area contributed by atoms with Crippen molar-refractivity contribution in [3.8, 4) is 5.75 Å². The lowest BCUT2D eigenvalue weighted by Gasteiger charge is -2.55. The molecule has 1 saturated heterocycles. The van der Waals surface area contributed by atoms with Gasteiger partial charge < -0.3 is 19.3 Å². The number of alkyl carbamates (subject to hydrolysis) is 1.